The molecule has 0 aromatic heterocycles. The maximum absolute atomic E-state index is 8.90. The fourth-order valence-electron chi connectivity index (χ4n) is 1.91. The first-order chi connectivity index (χ1) is 9.10. The lowest BCUT2D eigenvalue weighted by Gasteiger charge is -2.11. The van der Waals surface area contributed by atoms with Gasteiger partial charge in [-0.25, -0.2) is 0 Å². The van der Waals surface area contributed by atoms with Crippen LogP contribution < -0.4 is 5.32 Å². The smallest absolute Gasteiger partial charge is 0.0992 e. The minimum Gasteiger partial charge on any atom is -0.380 e. The van der Waals surface area contributed by atoms with Gasteiger partial charge in [-0.3, -0.25) is 0 Å². The molecule has 0 bridgehead atoms. The Bertz CT molecular complexity index is 642. The third kappa shape index (κ3) is 3.27. The third-order valence-corrected chi connectivity index (χ3v) is 3.40. The van der Waals surface area contributed by atoms with Crippen LogP contribution in [0.3, 0.4) is 0 Å². The lowest BCUT2D eigenvalue weighted by atomic mass is 10.1. The highest BCUT2D eigenvalue weighted by Gasteiger charge is 2.03. The van der Waals surface area contributed by atoms with Crippen molar-refractivity contribution < 1.29 is 0 Å². The average Bonchev–Trinajstić information content (AvgIpc) is 2.41. The summed E-state index contributed by atoms with van der Waals surface area (Å²) in [7, 11) is 0. The summed E-state index contributed by atoms with van der Waals surface area (Å²) in [6.07, 6.45) is 0. The van der Waals surface area contributed by atoms with E-state index in [0.29, 0.717) is 17.1 Å². The number of nitrogens with one attached hydrogen (secondary N) is 1. The summed E-state index contributed by atoms with van der Waals surface area (Å²) in [4.78, 5) is 0. The van der Waals surface area contributed by atoms with Crippen molar-refractivity contribution in [2.45, 2.75) is 20.4 Å². The Morgan fingerprint density at radius 2 is 1.95 bits per heavy atom. The Morgan fingerprint density at radius 3 is 2.68 bits per heavy atom. The molecule has 2 aromatic rings. The van der Waals surface area contributed by atoms with Gasteiger partial charge in [0, 0.05) is 6.54 Å². The van der Waals surface area contributed by atoms with E-state index in [1.165, 1.54) is 16.7 Å². The topological polar surface area (TPSA) is 35.8 Å². The van der Waals surface area contributed by atoms with E-state index in [-0.39, 0.29) is 0 Å². The molecule has 0 saturated heterocycles. The molecule has 0 radical (unpaired) electrons. The van der Waals surface area contributed by atoms with Crippen LogP contribution in [0.5, 0.6) is 0 Å². The Balaban J connectivity index is 2.19. The zero-order chi connectivity index (χ0) is 13.8. The number of nitrogens with zero attached hydrogens (tertiary/aromatic N) is 1. The summed E-state index contributed by atoms with van der Waals surface area (Å²) in [6, 6.07) is 13.7. The molecule has 2 aromatic carbocycles. The first-order valence-electron chi connectivity index (χ1n) is 6.10. The highest BCUT2D eigenvalue weighted by Crippen LogP contribution is 2.24. The van der Waals surface area contributed by atoms with E-state index in [1.54, 1.807) is 18.2 Å². The van der Waals surface area contributed by atoms with Gasteiger partial charge in [-0.2, -0.15) is 5.26 Å². The number of halogens is 1. The van der Waals surface area contributed by atoms with E-state index in [0.717, 1.165) is 5.69 Å². The van der Waals surface area contributed by atoms with Gasteiger partial charge in [0.25, 0.3) is 0 Å². The maximum atomic E-state index is 8.90. The van der Waals surface area contributed by atoms with Gasteiger partial charge >= 0.3 is 0 Å². The van der Waals surface area contributed by atoms with Crippen molar-refractivity contribution in [3.05, 3.63) is 63.7 Å². The van der Waals surface area contributed by atoms with Crippen molar-refractivity contribution in [3.8, 4) is 6.07 Å². The van der Waals surface area contributed by atoms with Gasteiger partial charge in [-0.15, -0.1) is 0 Å². The number of aryl methyl sites for hydroxylation is 2. The van der Waals surface area contributed by atoms with Crippen LogP contribution in [0.1, 0.15) is 22.3 Å². The number of benzene rings is 2. The fourth-order valence-corrected chi connectivity index (χ4v) is 2.10. The molecule has 2 rings (SSSR count). The standard InChI is InChI=1S/C16H15ClN2/c1-11-3-4-12(2)14(7-11)10-19-16-8-13(9-18)5-6-15(16)17/h3-8,19H,10H2,1-2H3. The second kappa shape index (κ2) is 5.77. The molecular formula is C16H15ClN2. The van der Waals surface area contributed by atoms with Crippen molar-refractivity contribution in [2.24, 2.45) is 0 Å². The molecule has 0 amide bonds. The van der Waals surface area contributed by atoms with Crippen molar-refractivity contribution in [1.82, 2.24) is 0 Å². The quantitative estimate of drug-likeness (QED) is 0.895. The molecule has 0 heterocycles. The first-order valence-corrected chi connectivity index (χ1v) is 6.47. The molecule has 0 unspecified atom stereocenters. The van der Waals surface area contributed by atoms with Gasteiger partial charge in [0.05, 0.1) is 22.3 Å². The summed E-state index contributed by atoms with van der Waals surface area (Å²) in [6.45, 7) is 4.86. The van der Waals surface area contributed by atoms with Crippen LogP contribution in [-0.2, 0) is 6.54 Å². The number of rotatable bonds is 3. The minimum atomic E-state index is 0.605. The van der Waals surface area contributed by atoms with Gasteiger partial charge in [0.1, 0.15) is 0 Å². The van der Waals surface area contributed by atoms with Crippen LogP contribution in [0.2, 0.25) is 5.02 Å². The van der Waals surface area contributed by atoms with Crippen LogP contribution in [0.4, 0.5) is 5.69 Å². The summed E-state index contributed by atoms with van der Waals surface area (Å²) < 4.78 is 0. The molecule has 0 aliphatic carbocycles. The number of hydrogen-bond acceptors (Lipinski definition) is 2. The molecule has 3 heteroatoms. The molecular weight excluding hydrogens is 256 g/mol. The first kappa shape index (κ1) is 13.5. The normalized spacial score (nSPS) is 10.0. The van der Waals surface area contributed by atoms with E-state index < -0.39 is 0 Å². The van der Waals surface area contributed by atoms with Gasteiger partial charge < -0.3 is 5.32 Å². The molecule has 2 nitrogen and oxygen atoms in total. The predicted octanol–water partition coefficient (Wildman–Crippen LogP) is 4.44. The molecule has 0 fully saturated rings. The van der Waals surface area contributed by atoms with Gasteiger partial charge in [0.15, 0.2) is 0 Å². The van der Waals surface area contributed by atoms with Crippen LogP contribution in [0.15, 0.2) is 36.4 Å². The predicted molar refractivity (Wildman–Crippen MR) is 79.4 cm³/mol. The molecule has 0 aliphatic heterocycles. The third-order valence-electron chi connectivity index (χ3n) is 3.07. The highest BCUT2D eigenvalue weighted by molar-refractivity contribution is 6.33. The molecule has 0 saturated carbocycles. The van der Waals surface area contributed by atoms with E-state index >= 15 is 0 Å². The molecule has 96 valence electrons. The van der Waals surface area contributed by atoms with Crippen molar-refractivity contribution in [1.29, 1.82) is 5.26 Å². The maximum Gasteiger partial charge on any atom is 0.0992 e. The Labute approximate surface area is 118 Å². The second-order valence-electron chi connectivity index (χ2n) is 4.59. The van der Waals surface area contributed by atoms with Crippen molar-refractivity contribution in [3.63, 3.8) is 0 Å². The lowest BCUT2D eigenvalue weighted by Crippen LogP contribution is -2.02. The van der Waals surface area contributed by atoms with Crippen LogP contribution in [0.25, 0.3) is 0 Å². The van der Waals surface area contributed by atoms with E-state index in [9.17, 15) is 0 Å². The van der Waals surface area contributed by atoms with Gasteiger partial charge in [-0.05, 0) is 43.2 Å². The molecule has 1 N–H and O–H groups in total. The fraction of sp³-hybridized carbons (Fsp3) is 0.188. The molecule has 0 atom stereocenters. The summed E-state index contributed by atoms with van der Waals surface area (Å²) in [5.41, 5.74) is 5.11. The highest BCUT2D eigenvalue weighted by atomic mass is 35.5. The summed E-state index contributed by atoms with van der Waals surface area (Å²) >= 11 is 6.12. The van der Waals surface area contributed by atoms with Crippen LogP contribution in [0, 0.1) is 25.2 Å². The zero-order valence-corrected chi connectivity index (χ0v) is 11.8. The molecule has 0 spiro atoms. The summed E-state index contributed by atoms with van der Waals surface area (Å²) in [5, 5.41) is 12.8. The lowest BCUT2D eigenvalue weighted by molar-refractivity contribution is 1.11. The Hall–Kier alpha value is -1.98. The Morgan fingerprint density at radius 1 is 1.16 bits per heavy atom. The summed E-state index contributed by atoms with van der Waals surface area (Å²) in [5.74, 6) is 0. The minimum absolute atomic E-state index is 0.605. The van der Waals surface area contributed by atoms with Crippen LogP contribution >= 0.6 is 11.6 Å². The SMILES string of the molecule is Cc1ccc(C)c(CNc2cc(C#N)ccc2Cl)c1. The van der Waals surface area contributed by atoms with E-state index in [1.807, 2.05) is 0 Å². The van der Waals surface area contributed by atoms with E-state index in [4.69, 9.17) is 16.9 Å². The monoisotopic (exact) mass is 270 g/mol. The Kier molecular flexibility index (Phi) is 4.09. The number of nitriles is 1. The number of anilines is 1. The average molecular weight is 271 g/mol. The van der Waals surface area contributed by atoms with E-state index in [2.05, 4.69) is 43.4 Å². The van der Waals surface area contributed by atoms with Crippen molar-refractivity contribution >= 4 is 17.3 Å². The molecule has 0 aliphatic rings. The zero-order valence-electron chi connectivity index (χ0n) is 11.0. The van der Waals surface area contributed by atoms with Crippen molar-refractivity contribution in [2.75, 3.05) is 5.32 Å². The molecule has 19 heavy (non-hydrogen) atoms. The second-order valence-corrected chi connectivity index (χ2v) is 5.00. The van der Waals surface area contributed by atoms with Gasteiger partial charge in [0.2, 0.25) is 0 Å². The largest absolute Gasteiger partial charge is 0.380 e. The number of hydrogen-bond donors (Lipinski definition) is 1. The van der Waals surface area contributed by atoms with Gasteiger partial charge in [-0.1, -0.05) is 35.4 Å². The van der Waals surface area contributed by atoms with Crippen LogP contribution in [-0.4, -0.2) is 0 Å².